The molecule has 1 fully saturated rings. The van der Waals surface area contributed by atoms with Crippen LogP contribution in [0.15, 0.2) is 0 Å². The number of aliphatic hydroxyl groups is 1. The van der Waals surface area contributed by atoms with E-state index in [0.717, 1.165) is 25.0 Å². The summed E-state index contributed by atoms with van der Waals surface area (Å²) in [5.41, 5.74) is -0.542. The first-order valence-electron chi connectivity index (χ1n) is 5.85. The van der Waals surface area contributed by atoms with E-state index >= 15 is 0 Å². The third-order valence-corrected chi connectivity index (χ3v) is 2.65. The first-order chi connectivity index (χ1) is 6.38. The molecule has 1 N–H and O–H groups in total. The molecular weight excluding hydrogens is 174 g/mol. The maximum atomic E-state index is 9.79. The van der Waals surface area contributed by atoms with Crippen molar-refractivity contribution < 1.29 is 5.11 Å². The van der Waals surface area contributed by atoms with Crippen LogP contribution in [0.25, 0.3) is 0 Å². The standard InChI is InChI=1S/C12H25NO/c1-10(2)7-8-13(11-5-6-11)9-12(3,4)14/h10-11,14H,5-9H2,1-4H3. The monoisotopic (exact) mass is 199 g/mol. The first-order valence-corrected chi connectivity index (χ1v) is 5.85. The van der Waals surface area contributed by atoms with Crippen LogP contribution in [-0.4, -0.2) is 34.7 Å². The largest absolute Gasteiger partial charge is 0.389 e. The molecule has 1 aliphatic carbocycles. The van der Waals surface area contributed by atoms with E-state index in [0.29, 0.717) is 0 Å². The van der Waals surface area contributed by atoms with Gasteiger partial charge in [-0.05, 0) is 45.6 Å². The third kappa shape index (κ3) is 4.97. The van der Waals surface area contributed by atoms with Crippen LogP contribution in [0.5, 0.6) is 0 Å². The Morgan fingerprint density at radius 2 is 1.93 bits per heavy atom. The maximum Gasteiger partial charge on any atom is 0.0718 e. The predicted octanol–water partition coefficient (Wildman–Crippen LogP) is 2.27. The molecule has 14 heavy (non-hydrogen) atoms. The van der Waals surface area contributed by atoms with Crippen LogP contribution in [-0.2, 0) is 0 Å². The van der Waals surface area contributed by atoms with E-state index in [1.165, 1.54) is 19.3 Å². The maximum absolute atomic E-state index is 9.79. The zero-order valence-electron chi connectivity index (χ0n) is 10.1. The highest BCUT2D eigenvalue weighted by atomic mass is 16.3. The SMILES string of the molecule is CC(C)CCN(CC(C)(C)O)C1CC1. The molecule has 1 rings (SSSR count). The summed E-state index contributed by atoms with van der Waals surface area (Å²) in [4.78, 5) is 2.46. The second-order valence-electron chi connectivity index (χ2n) is 5.70. The van der Waals surface area contributed by atoms with E-state index in [-0.39, 0.29) is 0 Å². The molecule has 0 atom stereocenters. The van der Waals surface area contributed by atoms with Gasteiger partial charge >= 0.3 is 0 Å². The van der Waals surface area contributed by atoms with Crippen molar-refractivity contribution in [2.24, 2.45) is 5.92 Å². The minimum absolute atomic E-state index is 0.542. The minimum atomic E-state index is -0.542. The van der Waals surface area contributed by atoms with Crippen molar-refractivity contribution >= 4 is 0 Å². The fourth-order valence-electron chi connectivity index (χ4n) is 1.75. The van der Waals surface area contributed by atoms with E-state index in [1.54, 1.807) is 0 Å². The molecule has 1 aliphatic rings. The smallest absolute Gasteiger partial charge is 0.0718 e. The van der Waals surface area contributed by atoms with Gasteiger partial charge in [0.25, 0.3) is 0 Å². The molecule has 84 valence electrons. The van der Waals surface area contributed by atoms with E-state index < -0.39 is 5.60 Å². The number of hydrogen-bond donors (Lipinski definition) is 1. The summed E-state index contributed by atoms with van der Waals surface area (Å²) in [5, 5.41) is 9.79. The third-order valence-electron chi connectivity index (χ3n) is 2.65. The van der Waals surface area contributed by atoms with Gasteiger partial charge in [-0.1, -0.05) is 13.8 Å². The van der Waals surface area contributed by atoms with Gasteiger partial charge in [0.15, 0.2) is 0 Å². The summed E-state index contributed by atoms with van der Waals surface area (Å²) >= 11 is 0. The quantitative estimate of drug-likeness (QED) is 0.709. The lowest BCUT2D eigenvalue weighted by Crippen LogP contribution is -2.40. The van der Waals surface area contributed by atoms with Crippen LogP contribution in [0, 0.1) is 5.92 Å². The number of nitrogens with zero attached hydrogens (tertiary/aromatic N) is 1. The van der Waals surface area contributed by atoms with E-state index in [9.17, 15) is 5.11 Å². The van der Waals surface area contributed by atoms with E-state index in [2.05, 4.69) is 18.7 Å². The van der Waals surface area contributed by atoms with Gasteiger partial charge in [-0.3, -0.25) is 4.90 Å². The second kappa shape index (κ2) is 4.63. The topological polar surface area (TPSA) is 23.5 Å². The Labute approximate surface area is 88.3 Å². The molecule has 0 spiro atoms. The zero-order chi connectivity index (χ0) is 10.8. The van der Waals surface area contributed by atoms with Crippen molar-refractivity contribution in [3.63, 3.8) is 0 Å². The highest BCUT2D eigenvalue weighted by Crippen LogP contribution is 2.28. The average molecular weight is 199 g/mol. The van der Waals surface area contributed by atoms with Crippen molar-refractivity contribution in [3.8, 4) is 0 Å². The van der Waals surface area contributed by atoms with Gasteiger partial charge in [0.2, 0.25) is 0 Å². The molecule has 0 aromatic rings. The molecular formula is C12H25NO. The van der Waals surface area contributed by atoms with Crippen LogP contribution in [0.2, 0.25) is 0 Å². The number of hydrogen-bond acceptors (Lipinski definition) is 2. The Balaban J connectivity index is 2.32. The Bertz CT molecular complexity index is 168. The van der Waals surface area contributed by atoms with Gasteiger partial charge in [0.1, 0.15) is 0 Å². The lowest BCUT2D eigenvalue weighted by molar-refractivity contribution is 0.0318. The molecule has 0 heterocycles. The van der Waals surface area contributed by atoms with Crippen molar-refractivity contribution in [2.75, 3.05) is 13.1 Å². The predicted molar refractivity (Wildman–Crippen MR) is 60.3 cm³/mol. The normalized spacial score (nSPS) is 18.2. The van der Waals surface area contributed by atoms with Crippen LogP contribution < -0.4 is 0 Å². The lowest BCUT2D eigenvalue weighted by Gasteiger charge is -2.29. The molecule has 0 saturated heterocycles. The summed E-state index contributed by atoms with van der Waals surface area (Å²) in [6.45, 7) is 10.3. The summed E-state index contributed by atoms with van der Waals surface area (Å²) in [7, 11) is 0. The average Bonchev–Trinajstić information content (AvgIpc) is 2.77. The van der Waals surface area contributed by atoms with Crippen molar-refractivity contribution in [1.29, 1.82) is 0 Å². The van der Waals surface area contributed by atoms with Crippen molar-refractivity contribution in [2.45, 2.75) is 58.6 Å². The summed E-state index contributed by atoms with van der Waals surface area (Å²) in [6.07, 6.45) is 3.90. The van der Waals surface area contributed by atoms with Gasteiger partial charge in [-0.2, -0.15) is 0 Å². The second-order valence-corrected chi connectivity index (χ2v) is 5.70. The molecule has 1 saturated carbocycles. The lowest BCUT2D eigenvalue weighted by atomic mass is 10.1. The highest BCUT2D eigenvalue weighted by molar-refractivity contribution is 4.87. The molecule has 0 aromatic carbocycles. The minimum Gasteiger partial charge on any atom is -0.389 e. The van der Waals surface area contributed by atoms with Gasteiger partial charge in [-0.15, -0.1) is 0 Å². The van der Waals surface area contributed by atoms with Crippen LogP contribution in [0.4, 0.5) is 0 Å². The van der Waals surface area contributed by atoms with Crippen molar-refractivity contribution in [3.05, 3.63) is 0 Å². The molecule has 0 bridgehead atoms. The summed E-state index contributed by atoms with van der Waals surface area (Å²) in [5.74, 6) is 0.762. The molecule has 0 unspecified atom stereocenters. The molecule has 0 aromatic heterocycles. The molecule has 0 radical (unpaired) electrons. The first kappa shape index (κ1) is 12.0. The van der Waals surface area contributed by atoms with Gasteiger partial charge in [0, 0.05) is 12.6 Å². The summed E-state index contributed by atoms with van der Waals surface area (Å²) in [6, 6.07) is 0.764. The fourth-order valence-corrected chi connectivity index (χ4v) is 1.75. The Morgan fingerprint density at radius 3 is 2.29 bits per heavy atom. The van der Waals surface area contributed by atoms with Crippen LogP contribution in [0.1, 0.15) is 47.0 Å². The van der Waals surface area contributed by atoms with Crippen LogP contribution >= 0.6 is 0 Å². The molecule has 2 heteroatoms. The summed E-state index contributed by atoms with van der Waals surface area (Å²) < 4.78 is 0. The van der Waals surface area contributed by atoms with Gasteiger partial charge in [0.05, 0.1) is 5.60 Å². The van der Waals surface area contributed by atoms with E-state index in [4.69, 9.17) is 0 Å². The fraction of sp³-hybridized carbons (Fsp3) is 1.00. The molecule has 0 amide bonds. The zero-order valence-corrected chi connectivity index (χ0v) is 10.1. The molecule has 0 aliphatic heterocycles. The Hall–Kier alpha value is -0.0800. The molecule has 2 nitrogen and oxygen atoms in total. The van der Waals surface area contributed by atoms with Crippen molar-refractivity contribution in [1.82, 2.24) is 4.90 Å². The van der Waals surface area contributed by atoms with Gasteiger partial charge < -0.3 is 5.11 Å². The Morgan fingerprint density at radius 1 is 1.36 bits per heavy atom. The van der Waals surface area contributed by atoms with E-state index in [1.807, 2.05) is 13.8 Å². The van der Waals surface area contributed by atoms with Gasteiger partial charge in [-0.25, -0.2) is 0 Å². The Kier molecular flexibility index (Phi) is 3.96. The number of rotatable bonds is 6. The highest BCUT2D eigenvalue weighted by Gasteiger charge is 2.31. The van der Waals surface area contributed by atoms with Crippen LogP contribution in [0.3, 0.4) is 0 Å².